The lowest BCUT2D eigenvalue weighted by molar-refractivity contribution is -0.384. The molecular formula is C18H15N3O6S. The first kappa shape index (κ1) is 19.2. The summed E-state index contributed by atoms with van der Waals surface area (Å²) in [7, 11) is 2.70. The first-order valence-corrected chi connectivity index (χ1v) is 8.83. The minimum Gasteiger partial charge on any atom is -0.496 e. The second-order valence-electron chi connectivity index (χ2n) is 5.57. The molecule has 0 N–H and O–H groups in total. The molecule has 28 heavy (non-hydrogen) atoms. The Hall–Kier alpha value is -3.53. The van der Waals surface area contributed by atoms with Gasteiger partial charge in [0.25, 0.3) is 11.6 Å². The van der Waals surface area contributed by atoms with E-state index in [0.29, 0.717) is 16.0 Å². The molecule has 10 heteroatoms. The van der Waals surface area contributed by atoms with Crippen LogP contribution in [0.4, 0.5) is 5.69 Å². The fourth-order valence-electron chi connectivity index (χ4n) is 2.58. The van der Waals surface area contributed by atoms with E-state index in [0.717, 1.165) is 11.3 Å². The second kappa shape index (κ2) is 8.01. The molecule has 0 bridgehead atoms. The molecule has 0 fully saturated rings. The Morgan fingerprint density at radius 1 is 1.21 bits per heavy atom. The molecule has 1 amide bonds. The highest BCUT2D eigenvalue weighted by molar-refractivity contribution is 7.16. The molecule has 0 radical (unpaired) electrons. The maximum atomic E-state index is 12.7. The fourth-order valence-corrected chi connectivity index (χ4v) is 3.64. The van der Waals surface area contributed by atoms with E-state index >= 15 is 0 Å². The highest BCUT2D eigenvalue weighted by Crippen LogP contribution is 2.24. The van der Waals surface area contributed by atoms with Gasteiger partial charge in [0.05, 0.1) is 34.9 Å². The number of aromatic nitrogens is 1. The smallest absolute Gasteiger partial charge is 0.325 e. The van der Waals surface area contributed by atoms with Gasteiger partial charge in [0, 0.05) is 12.1 Å². The van der Waals surface area contributed by atoms with Gasteiger partial charge in [0.2, 0.25) is 0 Å². The van der Waals surface area contributed by atoms with Crippen LogP contribution in [0.3, 0.4) is 0 Å². The van der Waals surface area contributed by atoms with Crippen LogP contribution < -0.4 is 9.54 Å². The summed E-state index contributed by atoms with van der Waals surface area (Å²) in [6, 6.07) is 10.8. The highest BCUT2D eigenvalue weighted by Gasteiger charge is 2.16. The minimum absolute atomic E-state index is 0.0958. The van der Waals surface area contributed by atoms with Gasteiger partial charge in [-0.15, -0.1) is 0 Å². The number of nitrogens with zero attached hydrogens (tertiary/aromatic N) is 3. The number of ether oxygens (including phenoxy) is 2. The topological polar surface area (TPSA) is 113 Å². The third-order valence-electron chi connectivity index (χ3n) is 3.93. The third-order valence-corrected chi connectivity index (χ3v) is 4.97. The molecule has 3 aromatic rings. The van der Waals surface area contributed by atoms with Crippen molar-refractivity contribution in [3.63, 3.8) is 0 Å². The van der Waals surface area contributed by atoms with Crippen LogP contribution in [0.5, 0.6) is 5.75 Å². The van der Waals surface area contributed by atoms with Gasteiger partial charge in [-0.2, -0.15) is 4.99 Å². The number of hydrogen-bond donors (Lipinski definition) is 0. The number of amides is 1. The van der Waals surface area contributed by atoms with Crippen LogP contribution in [-0.4, -0.2) is 35.6 Å². The van der Waals surface area contributed by atoms with Crippen LogP contribution in [0.2, 0.25) is 0 Å². The summed E-state index contributed by atoms with van der Waals surface area (Å²) in [4.78, 5) is 39.3. The van der Waals surface area contributed by atoms with Crippen molar-refractivity contribution in [3.05, 3.63) is 62.9 Å². The molecule has 0 unspecified atom stereocenters. The highest BCUT2D eigenvalue weighted by atomic mass is 32.1. The molecule has 144 valence electrons. The van der Waals surface area contributed by atoms with Gasteiger partial charge in [0.1, 0.15) is 12.3 Å². The van der Waals surface area contributed by atoms with Gasteiger partial charge in [-0.25, -0.2) is 0 Å². The second-order valence-corrected chi connectivity index (χ2v) is 6.58. The average molecular weight is 401 g/mol. The molecule has 0 aliphatic heterocycles. The molecule has 0 saturated carbocycles. The van der Waals surface area contributed by atoms with Gasteiger partial charge in [-0.1, -0.05) is 23.5 Å². The van der Waals surface area contributed by atoms with Crippen LogP contribution in [0.15, 0.2) is 47.5 Å². The van der Waals surface area contributed by atoms with Crippen molar-refractivity contribution in [2.75, 3.05) is 14.2 Å². The van der Waals surface area contributed by atoms with Gasteiger partial charge in [-0.05, 0) is 18.2 Å². The Kier molecular flexibility index (Phi) is 5.50. The molecule has 2 aromatic carbocycles. The molecule has 1 heterocycles. The summed E-state index contributed by atoms with van der Waals surface area (Å²) in [6.07, 6.45) is 0. The van der Waals surface area contributed by atoms with Crippen molar-refractivity contribution in [2.45, 2.75) is 6.54 Å². The zero-order valence-corrected chi connectivity index (χ0v) is 15.8. The minimum atomic E-state index is -0.558. The first-order chi connectivity index (χ1) is 13.4. The molecule has 9 nitrogen and oxygen atoms in total. The number of benzene rings is 2. The van der Waals surface area contributed by atoms with Crippen LogP contribution in [0, 0.1) is 10.1 Å². The molecule has 0 saturated heterocycles. The van der Waals surface area contributed by atoms with E-state index in [4.69, 9.17) is 9.47 Å². The van der Waals surface area contributed by atoms with Gasteiger partial charge >= 0.3 is 5.97 Å². The Morgan fingerprint density at radius 2 is 1.96 bits per heavy atom. The van der Waals surface area contributed by atoms with Gasteiger partial charge in [-0.3, -0.25) is 19.7 Å². The molecular weight excluding hydrogens is 386 g/mol. The lowest BCUT2D eigenvalue weighted by Gasteiger charge is -2.05. The molecule has 0 spiro atoms. The van der Waals surface area contributed by atoms with E-state index in [-0.39, 0.29) is 22.6 Å². The zero-order chi connectivity index (χ0) is 20.3. The number of esters is 1. The normalized spacial score (nSPS) is 11.4. The quantitative estimate of drug-likeness (QED) is 0.369. The standard InChI is InChI=1S/C18H15N3O6S/c1-26-14-6-4-3-5-12(14)17(23)19-18-20(10-16(22)27-2)13-8-7-11(21(24)25)9-15(13)28-18/h3-9H,10H2,1-2H3. The van der Waals surface area contributed by atoms with E-state index in [9.17, 15) is 19.7 Å². The predicted molar refractivity (Wildman–Crippen MR) is 101 cm³/mol. The van der Waals surface area contributed by atoms with E-state index in [1.165, 1.54) is 37.0 Å². The SMILES string of the molecule is COC(=O)Cn1c(=NC(=O)c2ccccc2OC)sc2cc([N+](=O)[O-])ccc21. The van der Waals surface area contributed by atoms with Crippen molar-refractivity contribution < 1.29 is 24.0 Å². The van der Waals surface area contributed by atoms with Crippen LogP contribution >= 0.6 is 11.3 Å². The van der Waals surface area contributed by atoms with Crippen LogP contribution in [0.25, 0.3) is 10.2 Å². The lowest BCUT2D eigenvalue weighted by Crippen LogP contribution is -2.22. The lowest BCUT2D eigenvalue weighted by atomic mass is 10.2. The average Bonchev–Trinajstić information content (AvgIpc) is 3.03. The van der Waals surface area contributed by atoms with E-state index in [1.54, 1.807) is 24.3 Å². The molecule has 1 aromatic heterocycles. The number of fused-ring (bicyclic) bond motifs is 1. The molecule has 0 aliphatic rings. The first-order valence-electron chi connectivity index (χ1n) is 8.01. The van der Waals surface area contributed by atoms with Gasteiger partial charge in [0.15, 0.2) is 4.80 Å². The number of nitro benzene ring substituents is 1. The van der Waals surface area contributed by atoms with Crippen molar-refractivity contribution >= 4 is 39.1 Å². The van der Waals surface area contributed by atoms with Crippen molar-refractivity contribution in [3.8, 4) is 5.75 Å². The summed E-state index contributed by atoms with van der Waals surface area (Å²) < 4.78 is 11.9. The largest absolute Gasteiger partial charge is 0.496 e. The number of carbonyl (C=O) groups excluding carboxylic acids is 2. The Balaban J connectivity index is 2.18. The molecule has 3 rings (SSSR count). The van der Waals surface area contributed by atoms with E-state index < -0.39 is 16.8 Å². The summed E-state index contributed by atoms with van der Waals surface area (Å²) in [5.74, 6) is -0.728. The Morgan fingerprint density at radius 3 is 2.64 bits per heavy atom. The molecule has 0 aliphatic carbocycles. The van der Waals surface area contributed by atoms with Crippen molar-refractivity contribution in [2.24, 2.45) is 4.99 Å². The molecule has 0 atom stereocenters. The Labute approximate surface area is 162 Å². The van der Waals surface area contributed by atoms with Crippen LogP contribution in [0.1, 0.15) is 10.4 Å². The van der Waals surface area contributed by atoms with E-state index in [2.05, 4.69) is 4.99 Å². The maximum absolute atomic E-state index is 12.7. The van der Waals surface area contributed by atoms with Gasteiger partial charge < -0.3 is 14.0 Å². The number of rotatable bonds is 5. The van der Waals surface area contributed by atoms with E-state index in [1.807, 2.05) is 0 Å². The Bertz CT molecular complexity index is 1150. The number of methoxy groups -OCH3 is 2. The number of thiazole rings is 1. The number of hydrogen-bond acceptors (Lipinski definition) is 7. The summed E-state index contributed by atoms with van der Waals surface area (Å²) >= 11 is 1.07. The zero-order valence-electron chi connectivity index (χ0n) is 14.9. The number of carbonyl (C=O) groups is 2. The monoisotopic (exact) mass is 401 g/mol. The summed E-state index contributed by atoms with van der Waals surface area (Å²) in [6.45, 7) is -0.188. The fraction of sp³-hybridized carbons (Fsp3) is 0.167. The number of nitro groups is 1. The number of para-hydroxylation sites is 1. The maximum Gasteiger partial charge on any atom is 0.325 e. The predicted octanol–water partition coefficient (Wildman–Crippen LogP) is 2.53. The van der Waals surface area contributed by atoms with Crippen molar-refractivity contribution in [1.82, 2.24) is 4.57 Å². The summed E-state index contributed by atoms with van der Waals surface area (Å²) in [5, 5.41) is 11.0. The summed E-state index contributed by atoms with van der Waals surface area (Å²) in [5.41, 5.74) is 0.701. The number of non-ortho nitro benzene ring substituents is 1. The third kappa shape index (κ3) is 3.76. The van der Waals surface area contributed by atoms with Crippen molar-refractivity contribution in [1.29, 1.82) is 0 Å². The van der Waals surface area contributed by atoms with Crippen LogP contribution in [-0.2, 0) is 16.1 Å².